The Bertz CT molecular complexity index is 1280. The van der Waals surface area contributed by atoms with Crippen LogP contribution in [0.1, 0.15) is 105 Å². The molecule has 4 amide bonds. The third-order valence-corrected chi connectivity index (χ3v) is 14.1. The summed E-state index contributed by atoms with van der Waals surface area (Å²) >= 11 is 0. The molecular formula is C33H49F2N5O4Si. The van der Waals surface area contributed by atoms with Crippen LogP contribution < -0.4 is 21.9 Å². The van der Waals surface area contributed by atoms with Crippen LogP contribution in [0.25, 0.3) is 0 Å². The number of halogens is 2. The van der Waals surface area contributed by atoms with Crippen molar-refractivity contribution in [2.24, 2.45) is 5.73 Å². The van der Waals surface area contributed by atoms with Gasteiger partial charge in [-0.3, -0.25) is 24.6 Å². The van der Waals surface area contributed by atoms with Crippen molar-refractivity contribution in [1.82, 2.24) is 21.1 Å². The quantitative estimate of drug-likeness (QED) is 0.0848. The molecule has 0 aliphatic rings. The van der Waals surface area contributed by atoms with Gasteiger partial charge in [-0.25, -0.2) is 14.2 Å². The summed E-state index contributed by atoms with van der Waals surface area (Å²) < 4.78 is 29.3. The molecule has 0 bridgehead atoms. The number of alkyl halides is 2. The minimum absolute atomic E-state index is 0.0254. The maximum Gasteiger partial charge on any atom is 0.265 e. The zero-order valence-electron chi connectivity index (χ0n) is 27.6. The molecule has 0 spiro atoms. The molecule has 0 heterocycles. The van der Waals surface area contributed by atoms with E-state index < -0.39 is 63.6 Å². The highest BCUT2D eigenvalue weighted by molar-refractivity contribution is 6.90. The van der Waals surface area contributed by atoms with Crippen LogP contribution >= 0.6 is 0 Å². The molecule has 45 heavy (non-hydrogen) atoms. The summed E-state index contributed by atoms with van der Waals surface area (Å²) in [7, 11) is -2.02. The first-order valence-corrected chi connectivity index (χ1v) is 17.6. The Labute approximate surface area is 267 Å². The Morgan fingerprint density at radius 2 is 1.53 bits per heavy atom. The van der Waals surface area contributed by atoms with E-state index in [9.17, 15) is 28.0 Å². The van der Waals surface area contributed by atoms with Gasteiger partial charge in [-0.05, 0) is 41.2 Å². The van der Waals surface area contributed by atoms with E-state index in [4.69, 9.17) is 12.2 Å². The van der Waals surface area contributed by atoms with Gasteiger partial charge in [-0.1, -0.05) is 66.7 Å². The van der Waals surface area contributed by atoms with E-state index >= 15 is 0 Å². The summed E-state index contributed by atoms with van der Waals surface area (Å²) in [6, 6.07) is 3.76. The van der Waals surface area contributed by atoms with E-state index in [1.807, 2.05) is 6.92 Å². The predicted molar refractivity (Wildman–Crippen MR) is 176 cm³/mol. The van der Waals surface area contributed by atoms with Crippen LogP contribution in [0.5, 0.6) is 0 Å². The SMILES string of the molecule is C#CCN(CC(F)(F)CCC(N)=O)C(=O)c1cc(C(=O)NCC#C[Si](C(C)C)(C(C)C)C(C)C)cc(C(=O)NNCCCC)c1. The van der Waals surface area contributed by atoms with Crippen molar-refractivity contribution in [2.45, 2.75) is 96.7 Å². The first-order valence-electron chi connectivity index (χ1n) is 15.4. The highest BCUT2D eigenvalue weighted by Gasteiger charge is 2.41. The Morgan fingerprint density at radius 3 is 2.04 bits per heavy atom. The molecule has 1 aromatic rings. The highest BCUT2D eigenvalue weighted by Crippen LogP contribution is 2.40. The fourth-order valence-electron chi connectivity index (χ4n) is 5.51. The molecule has 9 nitrogen and oxygen atoms in total. The first-order chi connectivity index (χ1) is 21.0. The summed E-state index contributed by atoms with van der Waals surface area (Å²) in [4.78, 5) is 51.5. The summed E-state index contributed by atoms with van der Waals surface area (Å²) in [5, 5.41) is 2.74. The number of hydrazine groups is 1. The lowest BCUT2D eigenvalue weighted by Gasteiger charge is -2.38. The number of rotatable bonds is 17. The molecule has 5 N–H and O–H groups in total. The Balaban J connectivity index is 3.42. The van der Waals surface area contributed by atoms with Crippen molar-refractivity contribution in [3.05, 3.63) is 34.9 Å². The Morgan fingerprint density at radius 1 is 0.978 bits per heavy atom. The molecule has 1 aromatic carbocycles. The van der Waals surface area contributed by atoms with Crippen molar-refractivity contribution in [3.63, 3.8) is 0 Å². The zero-order valence-corrected chi connectivity index (χ0v) is 28.6. The molecule has 0 radical (unpaired) electrons. The molecule has 0 aromatic heterocycles. The van der Waals surface area contributed by atoms with E-state index in [-0.39, 0.29) is 23.2 Å². The molecule has 0 aliphatic heterocycles. The standard InChI is InChI=1S/C33H49F2N5O4Si/c1-9-11-16-38-39-31(43)27-19-26(30(42)37-15-12-18-45(23(3)4,24(5)6)25(7)8)20-28(21-27)32(44)40(17-10-2)22-33(34,35)14-13-29(36)41/h2,19-21,23-25,38H,9,11,13-17,22H2,1,3-8H3,(H2,36,41)(H,37,42)(H,39,43). The molecule has 0 atom stereocenters. The number of terminal acetylenes is 1. The van der Waals surface area contributed by atoms with Crippen LogP contribution in [0, 0.1) is 23.8 Å². The lowest BCUT2D eigenvalue weighted by molar-refractivity contribution is -0.120. The van der Waals surface area contributed by atoms with Gasteiger partial charge in [0.2, 0.25) is 5.91 Å². The third kappa shape index (κ3) is 11.9. The topological polar surface area (TPSA) is 134 Å². The van der Waals surface area contributed by atoms with Gasteiger partial charge >= 0.3 is 0 Å². The summed E-state index contributed by atoms with van der Waals surface area (Å²) in [6.07, 6.45) is 5.61. The van der Waals surface area contributed by atoms with E-state index in [0.29, 0.717) is 23.2 Å². The first kappa shape index (κ1) is 39.3. The molecule has 12 heteroatoms. The second-order valence-electron chi connectivity index (χ2n) is 12.1. The number of carbonyl (C=O) groups is 4. The van der Waals surface area contributed by atoms with E-state index in [1.54, 1.807) is 0 Å². The lowest BCUT2D eigenvalue weighted by Crippen LogP contribution is -2.43. The molecule has 1 rings (SSSR count). The normalized spacial score (nSPS) is 11.5. The van der Waals surface area contributed by atoms with Crippen molar-refractivity contribution < 1.29 is 28.0 Å². The highest BCUT2D eigenvalue weighted by atomic mass is 28.3. The smallest absolute Gasteiger partial charge is 0.265 e. The number of nitrogens with one attached hydrogen (secondary N) is 3. The average Bonchev–Trinajstić information content (AvgIpc) is 2.96. The van der Waals surface area contributed by atoms with Crippen LogP contribution in [0.3, 0.4) is 0 Å². The maximum atomic E-state index is 14.6. The van der Waals surface area contributed by atoms with Gasteiger partial charge in [-0.15, -0.1) is 12.0 Å². The van der Waals surface area contributed by atoms with Crippen LogP contribution in [0.15, 0.2) is 18.2 Å². The van der Waals surface area contributed by atoms with Gasteiger partial charge in [0.05, 0.1) is 19.6 Å². The van der Waals surface area contributed by atoms with E-state index in [2.05, 4.69) is 75.1 Å². The molecule has 0 aliphatic carbocycles. The van der Waals surface area contributed by atoms with Gasteiger partial charge in [0.25, 0.3) is 23.6 Å². The summed E-state index contributed by atoms with van der Waals surface area (Å²) in [5.74, 6) is -1.14. The molecule has 0 saturated carbocycles. The molecular weight excluding hydrogens is 596 g/mol. The number of nitrogens with two attached hydrogens (primary N) is 1. The number of carbonyl (C=O) groups excluding carboxylic acids is 4. The second-order valence-corrected chi connectivity index (χ2v) is 17.7. The Kier molecular flexibility index (Phi) is 16.0. The zero-order chi connectivity index (χ0) is 34.4. The van der Waals surface area contributed by atoms with E-state index in [0.717, 1.165) is 17.7 Å². The van der Waals surface area contributed by atoms with Gasteiger partial charge < -0.3 is 16.0 Å². The van der Waals surface area contributed by atoms with Crippen molar-refractivity contribution >= 4 is 31.7 Å². The fraction of sp³-hybridized carbons (Fsp3) is 0.576. The van der Waals surface area contributed by atoms with Crippen LogP contribution in [0.2, 0.25) is 16.6 Å². The number of benzene rings is 1. The number of hydrogen-bond acceptors (Lipinski definition) is 5. The second kappa shape index (κ2) is 18.3. The van der Waals surface area contributed by atoms with Gasteiger partial charge in [0, 0.05) is 36.1 Å². The molecule has 0 saturated heterocycles. The largest absolute Gasteiger partial charge is 0.370 e. The number of amides is 4. The Hall–Kier alpha value is -3.74. The van der Waals surface area contributed by atoms with Gasteiger partial charge in [0.15, 0.2) is 0 Å². The van der Waals surface area contributed by atoms with Gasteiger partial charge in [0.1, 0.15) is 8.07 Å². The number of unbranched alkanes of at least 4 members (excludes halogenated alkanes) is 1. The molecule has 0 unspecified atom stereocenters. The predicted octanol–water partition coefficient (Wildman–Crippen LogP) is 4.65. The summed E-state index contributed by atoms with van der Waals surface area (Å²) in [5.41, 5.74) is 14.8. The van der Waals surface area contributed by atoms with Crippen molar-refractivity contribution in [1.29, 1.82) is 0 Å². The van der Waals surface area contributed by atoms with Crippen molar-refractivity contribution in [2.75, 3.05) is 26.2 Å². The average molecular weight is 646 g/mol. The number of nitrogens with zero attached hydrogens (tertiary/aromatic N) is 1. The van der Waals surface area contributed by atoms with Crippen molar-refractivity contribution in [3.8, 4) is 23.8 Å². The number of primary amides is 1. The van der Waals surface area contributed by atoms with Crippen LogP contribution in [-0.2, 0) is 4.79 Å². The van der Waals surface area contributed by atoms with Crippen LogP contribution in [0.4, 0.5) is 8.78 Å². The fourth-order valence-corrected chi connectivity index (χ4v) is 10.8. The minimum Gasteiger partial charge on any atom is -0.370 e. The molecule has 248 valence electrons. The van der Waals surface area contributed by atoms with E-state index in [1.165, 1.54) is 18.2 Å². The monoisotopic (exact) mass is 645 g/mol. The number of hydrogen-bond donors (Lipinski definition) is 4. The third-order valence-electron chi connectivity index (χ3n) is 7.80. The minimum atomic E-state index is -3.46. The summed E-state index contributed by atoms with van der Waals surface area (Å²) in [6.45, 7) is 14.1. The molecule has 0 fully saturated rings. The van der Waals surface area contributed by atoms with Crippen LogP contribution in [-0.4, -0.2) is 68.7 Å². The van der Waals surface area contributed by atoms with Gasteiger partial charge in [-0.2, -0.15) is 0 Å². The lowest BCUT2D eigenvalue weighted by atomic mass is 10.0. The maximum absolute atomic E-state index is 14.6.